The maximum atomic E-state index is 11.4. The highest BCUT2D eigenvalue weighted by Gasteiger charge is 2.14. The van der Waals surface area contributed by atoms with E-state index in [4.69, 9.17) is 15.2 Å². The van der Waals surface area contributed by atoms with Crippen molar-refractivity contribution in [3.05, 3.63) is 90.3 Å². The Morgan fingerprint density at radius 2 is 1.81 bits per heavy atom. The third-order valence-corrected chi connectivity index (χ3v) is 4.74. The molecule has 0 atom stereocenters. The van der Waals surface area contributed by atoms with E-state index >= 15 is 0 Å². The number of aromatic nitrogens is 2. The number of pyridine rings is 2. The van der Waals surface area contributed by atoms with Crippen molar-refractivity contribution in [1.29, 1.82) is 5.26 Å². The van der Waals surface area contributed by atoms with Crippen LogP contribution < -0.4 is 15.2 Å². The number of hydrogen-bond donors (Lipinski definition) is 1. The third kappa shape index (κ3) is 4.25. The zero-order chi connectivity index (χ0) is 22.5. The van der Waals surface area contributed by atoms with Gasteiger partial charge < -0.3 is 15.2 Å². The number of carbonyl (C=O) groups is 1. The molecule has 0 aliphatic heterocycles. The summed E-state index contributed by atoms with van der Waals surface area (Å²) in [7, 11) is 1.54. The largest absolute Gasteiger partial charge is 0.481 e. The highest BCUT2D eigenvalue weighted by atomic mass is 16.5. The van der Waals surface area contributed by atoms with E-state index in [-0.39, 0.29) is 5.69 Å². The van der Waals surface area contributed by atoms with Crippen LogP contribution in [-0.2, 0) is 0 Å². The molecule has 4 rings (SSSR count). The first-order valence-electron chi connectivity index (χ1n) is 9.67. The van der Waals surface area contributed by atoms with Crippen LogP contribution in [0.3, 0.4) is 0 Å². The minimum atomic E-state index is -0.578. The van der Waals surface area contributed by atoms with Crippen molar-refractivity contribution >= 4 is 5.91 Å². The van der Waals surface area contributed by atoms with Gasteiger partial charge in [0.05, 0.1) is 24.4 Å². The molecule has 0 spiro atoms. The second-order valence-corrected chi connectivity index (χ2v) is 6.78. The molecule has 0 aliphatic rings. The highest BCUT2D eigenvalue weighted by Crippen LogP contribution is 2.38. The SMILES string of the molecule is COc1ncccc1-c1cc(C#N)ccc1Oc1ccc(-c2cccc(C(N)=O)n2)cc1. The third-order valence-electron chi connectivity index (χ3n) is 4.74. The Labute approximate surface area is 184 Å². The summed E-state index contributed by atoms with van der Waals surface area (Å²) in [5.74, 6) is 1.000. The van der Waals surface area contributed by atoms with Crippen molar-refractivity contribution in [2.45, 2.75) is 0 Å². The van der Waals surface area contributed by atoms with Gasteiger partial charge in [-0.2, -0.15) is 5.26 Å². The number of rotatable bonds is 6. The van der Waals surface area contributed by atoms with E-state index in [1.165, 1.54) is 0 Å². The molecule has 156 valence electrons. The Bertz CT molecular complexity index is 1330. The average molecular weight is 422 g/mol. The van der Waals surface area contributed by atoms with Crippen LogP contribution in [0.15, 0.2) is 79.0 Å². The number of nitriles is 1. The number of methoxy groups -OCH3 is 1. The van der Waals surface area contributed by atoms with Crippen LogP contribution in [0, 0.1) is 11.3 Å². The molecule has 0 fully saturated rings. The summed E-state index contributed by atoms with van der Waals surface area (Å²) in [6, 6.07) is 23.4. The number of ether oxygens (including phenoxy) is 2. The van der Waals surface area contributed by atoms with Crippen LogP contribution in [0.4, 0.5) is 0 Å². The van der Waals surface area contributed by atoms with Gasteiger partial charge in [-0.15, -0.1) is 0 Å². The van der Waals surface area contributed by atoms with Gasteiger partial charge in [-0.25, -0.2) is 9.97 Å². The Morgan fingerprint density at radius 3 is 2.53 bits per heavy atom. The summed E-state index contributed by atoms with van der Waals surface area (Å²) in [5.41, 5.74) is 8.87. The first-order chi connectivity index (χ1) is 15.6. The van der Waals surface area contributed by atoms with Crippen LogP contribution >= 0.6 is 0 Å². The van der Waals surface area contributed by atoms with E-state index in [2.05, 4.69) is 16.0 Å². The first kappa shape index (κ1) is 20.6. The van der Waals surface area contributed by atoms with Crippen molar-refractivity contribution < 1.29 is 14.3 Å². The summed E-state index contributed by atoms with van der Waals surface area (Å²) in [4.78, 5) is 19.9. The Kier molecular flexibility index (Phi) is 5.77. The number of amides is 1. The molecule has 0 radical (unpaired) electrons. The molecule has 0 saturated carbocycles. The van der Waals surface area contributed by atoms with Crippen molar-refractivity contribution in [3.63, 3.8) is 0 Å². The van der Waals surface area contributed by atoms with Gasteiger partial charge in [0.2, 0.25) is 5.88 Å². The van der Waals surface area contributed by atoms with Crippen molar-refractivity contribution in [2.24, 2.45) is 5.73 Å². The van der Waals surface area contributed by atoms with E-state index < -0.39 is 5.91 Å². The predicted molar refractivity (Wildman–Crippen MR) is 119 cm³/mol. The zero-order valence-electron chi connectivity index (χ0n) is 17.1. The molecule has 7 nitrogen and oxygen atoms in total. The molecule has 0 bridgehead atoms. The minimum Gasteiger partial charge on any atom is -0.481 e. The lowest BCUT2D eigenvalue weighted by atomic mass is 10.0. The van der Waals surface area contributed by atoms with E-state index in [0.717, 1.165) is 5.56 Å². The van der Waals surface area contributed by atoms with Gasteiger partial charge >= 0.3 is 0 Å². The first-order valence-corrected chi connectivity index (χ1v) is 9.67. The lowest BCUT2D eigenvalue weighted by Gasteiger charge is -2.14. The lowest BCUT2D eigenvalue weighted by Crippen LogP contribution is -2.12. The van der Waals surface area contributed by atoms with E-state index in [0.29, 0.717) is 39.8 Å². The zero-order valence-corrected chi connectivity index (χ0v) is 17.1. The lowest BCUT2D eigenvalue weighted by molar-refractivity contribution is 0.0995. The number of nitrogens with zero attached hydrogens (tertiary/aromatic N) is 3. The molecule has 32 heavy (non-hydrogen) atoms. The van der Waals surface area contributed by atoms with Crippen LogP contribution in [0.1, 0.15) is 16.1 Å². The van der Waals surface area contributed by atoms with Crippen LogP contribution in [0.2, 0.25) is 0 Å². The molecular weight excluding hydrogens is 404 g/mol. The van der Waals surface area contributed by atoms with Gasteiger partial charge in [-0.3, -0.25) is 4.79 Å². The number of benzene rings is 2. The van der Waals surface area contributed by atoms with Gasteiger partial charge in [-0.05, 0) is 66.7 Å². The molecule has 0 unspecified atom stereocenters. The summed E-state index contributed by atoms with van der Waals surface area (Å²) in [5, 5.41) is 9.34. The van der Waals surface area contributed by atoms with E-state index in [1.807, 2.05) is 18.2 Å². The van der Waals surface area contributed by atoms with Gasteiger partial charge in [0.25, 0.3) is 5.91 Å². The monoisotopic (exact) mass is 422 g/mol. The quantitative estimate of drug-likeness (QED) is 0.487. The fraction of sp³-hybridized carbons (Fsp3) is 0.0400. The Balaban J connectivity index is 1.67. The summed E-state index contributed by atoms with van der Waals surface area (Å²) in [6.07, 6.45) is 1.64. The van der Waals surface area contributed by atoms with Gasteiger partial charge in [0, 0.05) is 22.9 Å². The molecule has 4 aromatic rings. The smallest absolute Gasteiger partial charge is 0.267 e. The molecule has 2 heterocycles. The van der Waals surface area contributed by atoms with Crippen LogP contribution in [0.25, 0.3) is 22.4 Å². The standard InChI is InChI=1S/C25H18N4O3/c1-31-25-19(4-3-13-28-25)20-14-16(15-26)7-12-23(20)32-18-10-8-17(9-11-18)21-5-2-6-22(29-21)24(27)30/h2-14H,1H3,(H2,27,30). The topological polar surface area (TPSA) is 111 Å². The number of hydrogen-bond acceptors (Lipinski definition) is 6. The van der Waals surface area contributed by atoms with Gasteiger partial charge in [0.1, 0.15) is 17.2 Å². The van der Waals surface area contributed by atoms with Crippen molar-refractivity contribution in [3.8, 4) is 45.8 Å². The fourth-order valence-corrected chi connectivity index (χ4v) is 3.21. The van der Waals surface area contributed by atoms with Crippen LogP contribution in [-0.4, -0.2) is 23.0 Å². The normalized spacial score (nSPS) is 10.2. The second-order valence-electron chi connectivity index (χ2n) is 6.78. The minimum absolute atomic E-state index is 0.204. The van der Waals surface area contributed by atoms with Crippen molar-refractivity contribution in [1.82, 2.24) is 9.97 Å². The predicted octanol–water partition coefficient (Wildman–Crippen LogP) is 4.58. The molecule has 2 N–H and O–H groups in total. The molecule has 2 aromatic heterocycles. The molecule has 1 amide bonds. The molecular formula is C25H18N4O3. The molecule has 0 saturated heterocycles. The van der Waals surface area contributed by atoms with Crippen molar-refractivity contribution in [2.75, 3.05) is 7.11 Å². The maximum absolute atomic E-state index is 11.4. The maximum Gasteiger partial charge on any atom is 0.267 e. The Morgan fingerprint density at radius 1 is 1.00 bits per heavy atom. The number of primary amides is 1. The second kappa shape index (κ2) is 8.98. The van der Waals surface area contributed by atoms with E-state index in [9.17, 15) is 10.1 Å². The summed E-state index contributed by atoms with van der Waals surface area (Å²) < 4.78 is 11.5. The van der Waals surface area contributed by atoms with Gasteiger partial charge in [-0.1, -0.05) is 6.07 Å². The van der Waals surface area contributed by atoms with E-state index in [1.54, 1.807) is 67.9 Å². The number of carbonyl (C=O) groups excluding carboxylic acids is 1. The molecule has 0 aliphatic carbocycles. The van der Waals surface area contributed by atoms with Crippen LogP contribution in [0.5, 0.6) is 17.4 Å². The molecule has 7 heteroatoms. The summed E-state index contributed by atoms with van der Waals surface area (Å²) >= 11 is 0. The molecule has 2 aromatic carbocycles. The number of nitrogens with two attached hydrogens (primary N) is 1. The highest BCUT2D eigenvalue weighted by molar-refractivity contribution is 5.91. The summed E-state index contributed by atoms with van der Waals surface area (Å²) in [6.45, 7) is 0. The Hall–Kier alpha value is -4.70. The fourth-order valence-electron chi connectivity index (χ4n) is 3.21. The average Bonchev–Trinajstić information content (AvgIpc) is 2.84. The van der Waals surface area contributed by atoms with Gasteiger partial charge in [0.15, 0.2) is 0 Å².